The SMILES string of the molecule is NCc1cccc(-c2cc(COc3ccccc3CC(=O)[O-])cc3ccoc23)c1F.[Li+]. The molecule has 0 aliphatic carbocycles. The van der Waals surface area contributed by atoms with Gasteiger partial charge < -0.3 is 24.8 Å². The van der Waals surface area contributed by atoms with E-state index in [1.54, 1.807) is 54.8 Å². The Morgan fingerprint density at radius 2 is 1.81 bits per heavy atom. The number of carbonyl (C=O) groups is 1. The Morgan fingerprint density at radius 3 is 2.58 bits per heavy atom. The third kappa shape index (κ3) is 4.83. The van der Waals surface area contributed by atoms with Gasteiger partial charge in [0.1, 0.15) is 23.8 Å². The van der Waals surface area contributed by atoms with Gasteiger partial charge in [-0.15, -0.1) is 0 Å². The fourth-order valence-corrected chi connectivity index (χ4v) is 3.48. The molecule has 0 amide bonds. The molecule has 152 valence electrons. The number of carbonyl (C=O) groups excluding carboxylic acids is 1. The number of halogens is 1. The van der Waals surface area contributed by atoms with E-state index < -0.39 is 5.97 Å². The number of rotatable bonds is 7. The molecule has 0 saturated carbocycles. The molecule has 5 nitrogen and oxygen atoms in total. The van der Waals surface area contributed by atoms with Crippen LogP contribution in [0.15, 0.2) is 71.3 Å². The molecule has 31 heavy (non-hydrogen) atoms. The van der Waals surface area contributed by atoms with E-state index in [0.29, 0.717) is 33.6 Å². The van der Waals surface area contributed by atoms with Crippen LogP contribution in [-0.4, -0.2) is 5.97 Å². The summed E-state index contributed by atoms with van der Waals surface area (Å²) in [6.45, 7) is 0.273. The van der Waals surface area contributed by atoms with Crippen LogP contribution in [0.1, 0.15) is 16.7 Å². The van der Waals surface area contributed by atoms with E-state index in [2.05, 4.69) is 0 Å². The minimum atomic E-state index is -1.18. The first kappa shape index (κ1) is 22.6. The number of ether oxygens (including phenoxy) is 1. The van der Waals surface area contributed by atoms with Crippen molar-refractivity contribution >= 4 is 16.9 Å². The number of carboxylic acids is 1. The van der Waals surface area contributed by atoms with Gasteiger partial charge in [-0.2, -0.15) is 0 Å². The number of carboxylic acid groups (broad SMARTS) is 1. The van der Waals surface area contributed by atoms with Crippen LogP contribution in [0.2, 0.25) is 0 Å². The standard InChI is InChI=1S/C24H20FNO4.Li/c25-23-18(13-26)5-3-6-19(23)20-11-15(10-17-8-9-29-24(17)20)14-30-21-7-2-1-4-16(21)12-22(27)28;/h1-11H,12-14,26H2,(H,27,28);/q;+1/p-1. The molecule has 0 spiro atoms. The molecule has 1 heterocycles. The summed E-state index contributed by atoms with van der Waals surface area (Å²) in [7, 11) is 0. The fourth-order valence-electron chi connectivity index (χ4n) is 3.48. The third-order valence-electron chi connectivity index (χ3n) is 4.90. The van der Waals surface area contributed by atoms with Gasteiger partial charge in [0.25, 0.3) is 0 Å². The van der Waals surface area contributed by atoms with Gasteiger partial charge in [-0.25, -0.2) is 4.39 Å². The number of aliphatic carboxylic acids is 1. The van der Waals surface area contributed by atoms with Crippen molar-refractivity contribution in [1.29, 1.82) is 0 Å². The molecule has 4 aromatic rings. The van der Waals surface area contributed by atoms with Gasteiger partial charge in [-0.05, 0) is 35.4 Å². The van der Waals surface area contributed by atoms with E-state index in [4.69, 9.17) is 14.9 Å². The van der Waals surface area contributed by atoms with Crippen LogP contribution >= 0.6 is 0 Å². The van der Waals surface area contributed by atoms with Crippen molar-refractivity contribution < 1.29 is 42.3 Å². The molecule has 2 N–H and O–H groups in total. The first-order chi connectivity index (χ1) is 14.6. The molecule has 0 aliphatic rings. The van der Waals surface area contributed by atoms with E-state index in [1.165, 1.54) is 0 Å². The fraction of sp³-hybridized carbons (Fsp3) is 0.125. The summed E-state index contributed by atoms with van der Waals surface area (Å²) in [5.74, 6) is -1.09. The summed E-state index contributed by atoms with van der Waals surface area (Å²) < 4.78 is 26.4. The summed E-state index contributed by atoms with van der Waals surface area (Å²) in [6, 6.07) is 17.5. The summed E-state index contributed by atoms with van der Waals surface area (Å²) in [4.78, 5) is 11.0. The Balaban J connectivity index is 0.00000272. The van der Waals surface area contributed by atoms with E-state index >= 15 is 0 Å². The summed E-state index contributed by atoms with van der Waals surface area (Å²) in [5.41, 5.74) is 8.97. The van der Waals surface area contributed by atoms with E-state index in [9.17, 15) is 14.3 Å². The number of para-hydroxylation sites is 1. The van der Waals surface area contributed by atoms with Gasteiger partial charge in [0.2, 0.25) is 0 Å². The Labute approximate surface area is 190 Å². The van der Waals surface area contributed by atoms with Crippen LogP contribution in [0.3, 0.4) is 0 Å². The van der Waals surface area contributed by atoms with Crippen molar-refractivity contribution in [3.8, 4) is 16.9 Å². The summed E-state index contributed by atoms with van der Waals surface area (Å²) in [5, 5.41) is 11.8. The largest absolute Gasteiger partial charge is 1.00 e. The maximum atomic E-state index is 14.9. The zero-order valence-corrected chi connectivity index (χ0v) is 17.1. The Bertz CT molecular complexity index is 1220. The van der Waals surface area contributed by atoms with Gasteiger partial charge in [-0.3, -0.25) is 0 Å². The number of hydrogen-bond donors (Lipinski definition) is 1. The van der Waals surface area contributed by atoms with Crippen LogP contribution in [0.25, 0.3) is 22.1 Å². The third-order valence-corrected chi connectivity index (χ3v) is 4.90. The van der Waals surface area contributed by atoms with Crippen molar-refractivity contribution in [3.63, 3.8) is 0 Å². The van der Waals surface area contributed by atoms with E-state index in [1.807, 2.05) is 12.1 Å². The molecule has 0 saturated heterocycles. The van der Waals surface area contributed by atoms with Crippen LogP contribution in [0, 0.1) is 5.82 Å². The molecule has 1 aromatic heterocycles. The molecule has 0 bridgehead atoms. The quantitative estimate of drug-likeness (QED) is 0.450. The summed E-state index contributed by atoms with van der Waals surface area (Å²) in [6.07, 6.45) is 1.32. The Kier molecular flexibility index (Phi) is 7.19. The molecule has 0 radical (unpaired) electrons. The predicted octanol–water partition coefficient (Wildman–Crippen LogP) is 0.573. The van der Waals surface area contributed by atoms with Crippen molar-refractivity contribution in [2.75, 3.05) is 0 Å². The van der Waals surface area contributed by atoms with Gasteiger partial charge in [-0.1, -0.05) is 36.4 Å². The second-order valence-electron chi connectivity index (χ2n) is 6.91. The smallest absolute Gasteiger partial charge is 0.550 e. The first-order valence-electron chi connectivity index (χ1n) is 9.45. The second-order valence-corrected chi connectivity index (χ2v) is 6.91. The minimum Gasteiger partial charge on any atom is -0.550 e. The molecule has 0 atom stereocenters. The van der Waals surface area contributed by atoms with E-state index in [-0.39, 0.29) is 44.3 Å². The molecule has 0 unspecified atom stereocenters. The van der Waals surface area contributed by atoms with Crippen molar-refractivity contribution in [3.05, 3.63) is 89.4 Å². The summed E-state index contributed by atoms with van der Waals surface area (Å²) >= 11 is 0. The Hall–Kier alpha value is -3.04. The number of furan rings is 1. The number of hydrogen-bond acceptors (Lipinski definition) is 5. The molecular formula is C24H19FLiNO4. The second kappa shape index (κ2) is 9.84. The topological polar surface area (TPSA) is 88.5 Å². The van der Waals surface area contributed by atoms with Gasteiger partial charge >= 0.3 is 18.9 Å². The molecular weight excluding hydrogens is 392 g/mol. The monoisotopic (exact) mass is 411 g/mol. The number of nitrogens with two attached hydrogens (primary N) is 1. The van der Waals surface area contributed by atoms with Crippen LogP contribution in [0.4, 0.5) is 4.39 Å². The molecule has 3 aromatic carbocycles. The van der Waals surface area contributed by atoms with Crippen molar-refractivity contribution in [1.82, 2.24) is 0 Å². The Morgan fingerprint density at radius 1 is 1.03 bits per heavy atom. The zero-order chi connectivity index (χ0) is 21.1. The molecule has 4 rings (SSSR count). The van der Waals surface area contributed by atoms with Gasteiger partial charge in [0, 0.05) is 41.0 Å². The van der Waals surface area contributed by atoms with Crippen molar-refractivity contribution in [2.24, 2.45) is 5.73 Å². The average molecular weight is 411 g/mol. The average Bonchev–Trinajstić information content (AvgIpc) is 3.21. The maximum Gasteiger partial charge on any atom is 1.00 e. The van der Waals surface area contributed by atoms with Crippen LogP contribution in [0.5, 0.6) is 5.75 Å². The van der Waals surface area contributed by atoms with Crippen molar-refractivity contribution in [2.45, 2.75) is 19.6 Å². The molecule has 7 heteroatoms. The number of fused-ring (bicyclic) bond motifs is 1. The molecule has 0 fully saturated rings. The normalized spacial score (nSPS) is 10.6. The van der Waals surface area contributed by atoms with Gasteiger partial charge in [0.15, 0.2) is 0 Å². The number of benzene rings is 3. The van der Waals surface area contributed by atoms with E-state index in [0.717, 1.165) is 10.9 Å². The molecule has 0 aliphatic heterocycles. The van der Waals surface area contributed by atoms with Gasteiger partial charge in [0.05, 0.1) is 6.26 Å². The minimum absolute atomic E-state index is 0. The predicted molar refractivity (Wildman–Crippen MR) is 109 cm³/mol. The van der Waals surface area contributed by atoms with Crippen LogP contribution in [-0.2, 0) is 24.4 Å². The zero-order valence-electron chi connectivity index (χ0n) is 17.1. The maximum absolute atomic E-state index is 14.9. The van der Waals surface area contributed by atoms with Crippen LogP contribution < -0.4 is 34.4 Å². The first-order valence-corrected chi connectivity index (χ1v) is 9.45.